The SMILES string of the molecule is Cc1ccccc1C(=O)c1ccc(Nc2ccc(Br)cc2NC(=O)CCC(=O)NCC(O)CO)cc1Cl. The lowest BCUT2D eigenvalue weighted by Crippen LogP contribution is -2.34. The fourth-order valence-electron chi connectivity index (χ4n) is 3.46. The number of amides is 2. The molecule has 1 unspecified atom stereocenters. The van der Waals surface area contributed by atoms with Crippen molar-refractivity contribution in [1.29, 1.82) is 0 Å². The zero-order valence-electron chi connectivity index (χ0n) is 20.1. The van der Waals surface area contributed by atoms with Crippen molar-refractivity contribution in [3.05, 3.63) is 86.8 Å². The Labute approximate surface area is 228 Å². The van der Waals surface area contributed by atoms with Crippen LogP contribution in [0.1, 0.15) is 34.3 Å². The molecule has 0 spiro atoms. The summed E-state index contributed by atoms with van der Waals surface area (Å²) < 4.78 is 0.737. The zero-order chi connectivity index (χ0) is 26.9. The van der Waals surface area contributed by atoms with Gasteiger partial charge in [0.25, 0.3) is 0 Å². The van der Waals surface area contributed by atoms with Crippen molar-refractivity contribution >= 4 is 62.2 Å². The van der Waals surface area contributed by atoms with Gasteiger partial charge in [-0.15, -0.1) is 0 Å². The van der Waals surface area contributed by atoms with Gasteiger partial charge in [0.2, 0.25) is 11.8 Å². The molecule has 3 rings (SSSR count). The van der Waals surface area contributed by atoms with Crippen molar-refractivity contribution in [2.45, 2.75) is 25.9 Å². The molecule has 10 heteroatoms. The first-order chi connectivity index (χ1) is 17.7. The van der Waals surface area contributed by atoms with E-state index in [9.17, 15) is 19.5 Å². The Morgan fingerprint density at radius 3 is 2.38 bits per heavy atom. The van der Waals surface area contributed by atoms with Crippen LogP contribution in [0.4, 0.5) is 17.1 Å². The first-order valence-corrected chi connectivity index (χ1v) is 12.7. The molecule has 0 heterocycles. The Bertz CT molecular complexity index is 1300. The third-order valence-electron chi connectivity index (χ3n) is 5.46. The number of nitrogens with one attached hydrogen (secondary N) is 3. The predicted octanol–water partition coefficient (Wildman–Crippen LogP) is 4.57. The highest BCUT2D eigenvalue weighted by Crippen LogP contribution is 2.31. The highest BCUT2D eigenvalue weighted by molar-refractivity contribution is 9.10. The van der Waals surface area contributed by atoms with Gasteiger partial charge in [-0.05, 0) is 48.9 Å². The van der Waals surface area contributed by atoms with Crippen LogP contribution in [0, 0.1) is 6.92 Å². The summed E-state index contributed by atoms with van der Waals surface area (Å²) in [5.41, 5.74) is 3.51. The van der Waals surface area contributed by atoms with Gasteiger partial charge < -0.3 is 26.2 Å². The minimum atomic E-state index is -1.05. The summed E-state index contributed by atoms with van der Waals surface area (Å²) in [6.07, 6.45) is -1.20. The van der Waals surface area contributed by atoms with Gasteiger partial charge in [0.15, 0.2) is 5.78 Å². The van der Waals surface area contributed by atoms with E-state index < -0.39 is 18.6 Å². The van der Waals surface area contributed by atoms with E-state index in [4.69, 9.17) is 16.7 Å². The largest absolute Gasteiger partial charge is 0.394 e. The Kier molecular flexibility index (Phi) is 10.2. The van der Waals surface area contributed by atoms with Crippen LogP contribution >= 0.6 is 27.5 Å². The fraction of sp³-hybridized carbons (Fsp3) is 0.222. The molecular weight excluding hydrogens is 562 g/mol. The molecule has 8 nitrogen and oxygen atoms in total. The zero-order valence-corrected chi connectivity index (χ0v) is 22.4. The summed E-state index contributed by atoms with van der Waals surface area (Å²) in [7, 11) is 0. The topological polar surface area (TPSA) is 128 Å². The lowest BCUT2D eigenvalue weighted by atomic mass is 9.99. The van der Waals surface area contributed by atoms with Gasteiger partial charge in [-0.25, -0.2) is 0 Å². The van der Waals surface area contributed by atoms with Gasteiger partial charge >= 0.3 is 0 Å². The van der Waals surface area contributed by atoms with Gasteiger partial charge in [0.1, 0.15) is 0 Å². The molecule has 3 aromatic rings. The van der Waals surface area contributed by atoms with Crippen molar-refractivity contribution in [3.63, 3.8) is 0 Å². The second kappa shape index (κ2) is 13.3. The molecule has 0 saturated carbocycles. The number of ketones is 1. The van der Waals surface area contributed by atoms with E-state index in [0.717, 1.165) is 10.0 Å². The highest BCUT2D eigenvalue weighted by atomic mass is 79.9. The quantitative estimate of drug-likeness (QED) is 0.209. The minimum Gasteiger partial charge on any atom is -0.394 e. The Balaban J connectivity index is 1.68. The minimum absolute atomic E-state index is 0.0749. The van der Waals surface area contributed by atoms with Crippen LogP contribution in [0.25, 0.3) is 0 Å². The average Bonchev–Trinajstić information content (AvgIpc) is 2.87. The second-order valence-electron chi connectivity index (χ2n) is 8.34. The molecule has 0 aromatic heterocycles. The van der Waals surface area contributed by atoms with E-state index in [0.29, 0.717) is 33.2 Å². The van der Waals surface area contributed by atoms with E-state index in [2.05, 4.69) is 31.9 Å². The van der Waals surface area contributed by atoms with Crippen molar-refractivity contribution < 1.29 is 24.6 Å². The number of aryl methyl sites for hydroxylation is 1. The Morgan fingerprint density at radius 1 is 0.946 bits per heavy atom. The standard InChI is InChI=1S/C27H27BrClN3O5/c1-16-4-2-3-5-20(16)27(37)21-8-7-18(13-22(21)29)31-23-9-6-17(28)12-24(23)32-26(36)11-10-25(35)30-14-19(34)15-33/h2-9,12-13,19,31,33-34H,10-11,14-15H2,1H3,(H,30,35)(H,32,36). The molecule has 0 aliphatic carbocycles. The molecule has 194 valence electrons. The number of aliphatic hydroxyl groups excluding tert-OH is 2. The summed E-state index contributed by atoms with van der Waals surface area (Å²) in [6, 6.07) is 17.6. The smallest absolute Gasteiger partial charge is 0.224 e. The number of hydrogen-bond donors (Lipinski definition) is 5. The first-order valence-electron chi connectivity index (χ1n) is 11.5. The van der Waals surface area contributed by atoms with Gasteiger partial charge in [-0.1, -0.05) is 51.8 Å². The molecule has 2 amide bonds. The van der Waals surface area contributed by atoms with Crippen molar-refractivity contribution in [2.75, 3.05) is 23.8 Å². The summed E-state index contributed by atoms with van der Waals surface area (Å²) in [6.45, 7) is 1.32. The average molecular weight is 589 g/mol. The van der Waals surface area contributed by atoms with E-state index in [1.807, 2.05) is 25.1 Å². The molecular formula is C27H27BrClN3O5. The predicted molar refractivity (Wildman–Crippen MR) is 147 cm³/mol. The number of benzene rings is 3. The molecule has 37 heavy (non-hydrogen) atoms. The molecule has 0 aliphatic rings. The van der Waals surface area contributed by atoms with Crippen LogP contribution in [-0.2, 0) is 9.59 Å². The van der Waals surface area contributed by atoms with Gasteiger partial charge in [-0.3, -0.25) is 14.4 Å². The molecule has 0 radical (unpaired) electrons. The van der Waals surface area contributed by atoms with Crippen LogP contribution in [0.2, 0.25) is 5.02 Å². The molecule has 3 aromatic carbocycles. The van der Waals surface area contributed by atoms with E-state index in [1.165, 1.54) is 0 Å². The maximum Gasteiger partial charge on any atom is 0.224 e. The monoisotopic (exact) mass is 587 g/mol. The molecule has 0 saturated heterocycles. The van der Waals surface area contributed by atoms with Crippen molar-refractivity contribution in [1.82, 2.24) is 5.32 Å². The number of halogens is 2. The summed E-state index contributed by atoms with van der Waals surface area (Å²) in [4.78, 5) is 37.3. The normalized spacial score (nSPS) is 11.5. The van der Waals surface area contributed by atoms with Crippen LogP contribution in [-0.4, -0.2) is 47.1 Å². The highest BCUT2D eigenvalue weighted by Gasteiger charge is 2.16. The maximum atomic E-state index is 13.0. The number of carbonyl (C=O) groups is 3. The number of anilines is 3. The van der Waals surface area contributed by atoms with Gasteiger partial charge in [0, 0.05) is 40.7 Å². The Hall–Kier alpha value is -3.24. The van der Waals surface area contributed by atoms with E-state index in [-0.39, 0.29) is 31.1 Å². The molecule has 1 atom stereocenters. The summed E-state index contributed by atoms with van der Waals surface area (Å²) in [5, 5.41) is 26.8. The van der Waals surface area contributed by atoms with Crippen LogP contribution < -0.4 is 16.0 Å². The molecule has 5 N–H and O–H groups in total. The Morgan fingerprint density at radius 2 is 1.68 bits per heavy atom. The van der Waals surface area contributed by atoms with Crippen molar-refractivity contribution in [3.8, 4) is 0 Å². The second-order valence-corrected chi connectivity index (χ2v) is 9.67. The number of aliphatic hydroxyl groups is 2. The number of carbonyl (C=O) groups excluding carboxylic acids is 3. The molecule has 0 fully saturated rings. The van der Waals surface area contributed by atoms with Crippen LogP contribution in [0.5, 0.6) is 0 Å². The van der Waals surface area contributed by atoms with Gasteiger partial charge in [0.05, 0.1) is 29.1 Å². The third kappa shape index (κ3) is 8.13. The van der Waals surface area contributed by atoms with Gasteiger partial charge in [-0.2, -0.15) is 0 Å². The number of rotatable bonds is 11. The molecule has 0 bridgehead atoms. The van der Waals surface area contributed by atoms with E-state index in [1.54, 1.807) is 42.5 Å². The lowest BCUT2D eigenvalue weighted by molar-refractivity contribution is -0.124. The maximum absolute atomic E-state index is 13.0. The summed E-state index contributed by atoms with van der Waals surface area (Å²) >= 11 is 9.86. The van der Waals surface area contributed by atoms with Crippen molar-refractivity contribution in [2.24, 2.45) is 0 Å². The summed E-state index contributed by atoms with van der Waals surface area (Å²) in [5.74, 6) is -0.956. The number of hydrogen-bond acceptors (Lipinski definition) is 6. The first kappa shape index (κ1) is 28.3. The van der Waals surface area contributed by atoms with E-state index >= 15 is 0 Å². The van der Waals surface area contributed by atoms with Crippen LogP contribution in [0.3, 0.4) is 0 Å². The lowest BCUT2D eigenvalue weighted by Gasteiger charge is -2.15. The fourth-order valence-corrected chi connectivity index (χ4v) is 4.09. The van der Waals surface area contributed by atoms with Crippen LogP contribution in [0.15, 0.2) is 65.1 Å². The third-order valence-corrected chi connectivity index (χ3v) is 6.27. The molecule has 0 aliphatic heterocycles.